The smallest absolute Gasteiger partial charge is 0.251 e. The number of nitrogens with one attached hydrogen (secondary N) is 3. The largest absolute Gasteiger partial charge is 0.396 e. The van der Waals surface area contributed by atoms with Gasteiger partial charge in [0.2, 0.25) is 5.95 Å². The molecule has 36 heavy (non-hydrogen) atoms. The number of fused-ring (bicyclic) bond motifs is 1. The van der Waals surface area contributed by atoms with Gasteiger partial charge in [0, 0.05) is 46.0 Å². The minimum absolute atomic E-state index is 0.0277. The van der Waals surface area contributed by atoms with Crippen LogP contribution in [0.15, 0.2) is 48.8 Å². The molecular formula is C28H31FN6O. The van der Waals surface area contributed by atoms with Crippen molar-refractivity contribution in [3.63, 3.8) is 0 Å². The van der Waals surface area contributed by atoms with Crippen molar-refractivity contribution < 1.29 is 9.18 Å². The van der Waals surface area contributed by atoms with Crippen LogP contribution in [0.1, 0.15) is 54.1 Å². The molecule has 8 heteroatoms. The zero-order chi connectivity index (χ0) is 25.4. The van der Waals surface area contributed by atoms with Gasteiger partial charge in [0.25, 0.3) is 5.91 Å². The summed E-state index contributed by atoms with van der Waals surface area (Å²) in [5.74, 6) is -0.326. The molecule has 186 valence electrons. The summed E-state index contributed by atoms with van der Waals surface area (Å²) in [5, 5.41) is 7.74. The molecular weight excluding hydrogens is 455 g/mol. The number of nitrogens with zero attached hydrogens (tertiary/aromatic N) is 2. The number of rotatable bonds is 5. The van der Waals surface area contributed by atoms with E-state index in [0.29, 0.717) is 12.4 Å². The molecule has 1 amide bonds. The molecule has 0 radical (unpaired) electrons. The van der Waals surface area contributed by atoms with Crippen LogP contribution in [-0.4, -0.2) is 32.4 Å². The van der Waals surface area contributed by atoms with E-state index in [4.69, 9.17) is 10.7 Å². The summed E-state index contributed by atoms with van der Waals surface area (Å²) < 4.78 is 13.9. The Balaban J connectivity index is 1.33. The first kappa shape index (κ1) is 23.8. The number of benzene rings is 2. The van der Waals surface area contributed by atoms with Crippen LogP contribution in [0.3, 0.4) is 0 Å². The predicted molar refractivity (Wildman–Crippen MR) is 141 cm³/mol. The first-order chi connectivity index (χ1) is 17.2. The quantitative estimate of drug-likeness (QED) is 0.278. The Labute approximate surface area is 209 Å². The molecule has 2 atom stereocenters. The average Bonchev–Trinajstić information content (AvgIpc) is 3.27. The van der Waals surface area contributed by atoms with Crippen molar-refractivity contribution >= 4 is 28.4 Å². The Morgan fingerprint density at radius 1 is 1.22 bits per heavy atom. The molecule has 1 aliphatic rings. The highest BCUT2D eigenvalue weighted by molar-refractivity contribution is 5.97. The lowest BCUT2D eigenvalue weighted by atomic mass is 9.80. The number of carbonyl (C=O) groups is 1. The van der Waals surface area contributed by atoms with Crippen LogP contribution >= 0.6 is 0 Å². The van der Waals surface area contributed by atoms with Crippen LogP contribution in [0.2, 0.25) is 0 Å². The topological polar surface area (TPSA) is 109 Å². The van der Waals surface area contributed by atoms with Crippen LogP contribution in [0.25, 0.3) is 22.2 Å². The number of anilines is 2. The van der Waals surface area contributed by atoms with Crippen LogP contribution in [0.4, 0.5) is 16.0 Å². The molecule has 0 unspecified atom stereocenters. The molecule has 2 aromatic carbocycles. The molecule has 0 bridgehead atoms. The van der Waals surface area contributed by atoms with Gasteiger partial charge in [0.1, 0.15) is 5.82 Å². The lowest BCUT2D eigenvalue weighted by Crippen LogP contribution is -2.51. The molecule has 2 heterocycles. The monoisotopic (exact) mass is 486 g/mol. The number of nitrogens with two attached hydrogens (primary N) is 1. The molecule has 1 saturated carbocycles. The second kappa shape index (κ2) is 9.26. The normalized spacial score (nSPS) is 19.8. The van der Waals surface area contributed by atoms with Crippen molar-refractivity contribution in [2.24, 2.45) is 0 Å². The molecule has 1 fully saturated rings. The fourth-order valence-corrected chi connectivity index (χ4v) is 5.21. The maximum absolute atomic E-state index is 13.9. The van der Waals surface area contributed by atoms with E-state index in [1.165, 1.54) is 17.7 Å². The van der Waals surface area contributed by atoms with Crippen LogP contribution < -0.4 is 16.4 Å². The molecule has 5 rings (SSSR count). The van der Waals surface area contributed by atoms with Gasteiger partial charge in [-0.2, -0.15) is 0 Å². The number of aryl methyl sites for hydroxylation is 2. The van der Waals surface area contributed by atoms with Gasteiger partial charge in [-0.25, -0.2) is 14.4 Å². The van der Waals surface area contributed by atoms with Gasteiger partial charge in [-0.1, -0.05) is 18.2 Å². The molecule has 0 aliphatic heterocycles. The predicted octanol–water partition coefficient (Wildman–Crippen LogP) is 5.51. The van der Waals surface area contributed by atoms with Crippen molar-refractivity contribution in [3.05, 3.63) is 71.3 Å². The number of hydrogen-bond acceptors (Lipinski definition) is 5. The minimum Gasteiger partial charge on any atom is -0.396 e. The van der Waals surface area contributed by atoms with Crippen molar-refractivity contribution in [1.82, 2.24) is 20.3 Å². The van der Waals surface area contributed by atoms with Crippen LogP contribution in [0.5, 0.6) is 0 Å². The number of amides is 1. The van der Waals surface area contributed by atoms with Crippen molar-refractivity contribution in [2.45, 2.75) is 58.0 Å². The maximum atomic E-state index is 13.9. The first-order valence-corrected chi connectivity index (χ1v) is 12.3. The van der Waals surface area contributed by atoms with Gasteiger partial charge in [-0.15, -0.1) is 0 Å². The van der Waals surface area contributed by atoms with E-state index in [9.17, 15) is 9.18 Å². The average molecular weight is 487 g/mol. The molecule has 0 saturated heterocycles. The summed E-state index contributed by atoms with van der Waals surface area (Å²) in [4.78, 5) is 25.6. The summed E-state index contributed by atoms with van der Waals surface area (Å²) in [5.41, 5.74) is 10.6. The molecule has 2 aromatic heterocycles. The summed E-state index contributed by atoms with van der Waals surface area (Å²) >= 11 is 0. The van der Waals surface area contributed by atoms with Gasteiger partial charge >= 0.3 is 0 Å². The van der Waals surface area contributed by atoms with Gasteiger partial charge in [0.15, 0.2) is 0 Å². The van der Waals surface area contributed by atoms with Crippen molar-refractivity contribution in [3.8, 4) is 11.3 Å². The van der Waals surface area contributed by atoms with E-state index in [2.05, 4.69) is 45.7 Å². The Morgan fingerprint density at radius 3 is 2.86 bits per heavy atom. The van der Waals surface area contributed by atoms with E-state index < -0.39 is 11.4 Å². The van der Waals surface area contributed by atoms with Crippen LogP contribution in [0, 0.1) is 19.7 Å². The van der Waals surface area contributed by atoms with E-state index >= 15 is 0 Å². The number of hydrogen-bond donors (Lipinski definition) is 4. The summed E-state index contributed by atoms with van der Waals surface area (Å²) in [7, 11) is 0. The van der Waals surface area contributed by atoms with Crippen LogP contribution in [-0.2, 0) is 0 Å². The molecule has 1 aliphatic carbocycles. The standard InChI is InChI=1S/C28H31FN6O/c1-16-6-4-8-20-21(15-31-24(16)20)25-17(2)14-32-27(34-25)33-19-7-5-11-28(3,13-19)35-26(36)18-9-10-23(30)22(29)12-18/h4,6,8-10,12,14-15,19,31H,5,7,11,13,30H2,1-3H3,(H,35,36)(H,32,33,34)/t19-,28+/m1/s1. The zero-order valence-corrected chi connectivity index (χ0v) is 20.8. The summed E-state index contributed by atoms with van der Waals surface area (Å²) in [6, 6.07) is 10.5. The Kier molecular flexibility index (Phi) is 6.12. The van der Waals surface area contributed by atoms with Gasteiger partial charge in [0.05, 0.1) is 11.4 Å². The lowest BCUT2D eigenvalue weighted by molar-refractivity contribution is 0.0878. The summed E-state index contributed by atoms with van der Waals surface area (Å²) in [6.45, 7) is 6.13. The number of halogens is 1. The molecule has 4 aromatic rings. The fourth-order valence-electron chi connectivity index (χ4n) is 5.21. The number of para-hydroxylation sites is 1. The maximum Gasteiger partial charge on any atom is 0.251 e. The third kappa shape index (κ3) is 4.63. The fraction of sp³-hybridized carbons (Fsp3) is 0.321. The number of aromatic amines is 1. The summed E-state index contributed by atoms with van der Waals surface area (Å²) in [6.07, 6.45) is 7.27. The molecule has 7 nitrogen and oxygen atoms in total. The highest BCUT2D eigenvalue weighted by Gasteiger charge is 2.34. The number of carbonyl (C=O) groups excluding carboxylic acids is 1. The second-order valence-corrected chi connectivity index (χ2v) is 10.1. The van der Waals surface area contributed by atoms with Gasteiger partial charge < -0.3 is 21.4 Å². The Morgan fingerprint density at radius 2 is 2.06 bits per heavy atom. The first-order valence-electron chi connectivity index (χ1n) is 12.3. The third-order valence-corrected chi connectivity index (χ3v) is 7.14. The van der Waals surface area contributed by atoms with Crippen molar-refractivity contribution in [1.29, 1.82) is 0 Å². The van der Waals surface area contributed by atoms with E-state index in [0.717, 1.165) is 47.0 Å². The van der Waals surface area contributed by atoms with E-state index in [1.807, 2.05) is 26.2 Å². The van der Waals surface area contributed by atoms with Gasteiger partial charge in [-0.05, 0) is 75.8 Å². The van der Waals surface area contributed by atoms with E-state index in [1.54, 1.807) is 6.07 Å². The lowest BCUT2D eigenvalue weighted by Gasteiger charge is -2.39. The highest BCUT2D eigenvalue weighted by atomic mass is 19.1. The highest BCUT2D eigenvalue weighted by Crippen LogP contribution is 2.33. The molecule has 0 spiro atoms. The van der Waals surface area contributed by atoms with Gasteiger partial charge in [-0.3, -0.25) is 4.79 Å². The Hall–Kier alpha value is -3.94. The van der Waals surface area contributed by atoms with Crippen molar-refractivity contribution in [2.75, 3.05) is 11.1 Å². The molecule has 5 N–H and O–H groups in total. The second-order valence-electron chi connectivity index (χ2n) is 10.1. The SMILES string of the molecule is Cc1cnc(N[C@@H]2CCC[C@](C)(NC(=O)c3ccc(N)c(F)c3)C2)nc1-c1c[nH]c2c(C)cccc12. The van der Waals surface area contributed by atoms with E-state index in [-0.39, 0.29) is 23.2 Å². The third-order valence-electron chi connectivity index (χ3n) is 7.14. The number of aromatic nitrogens is 3. The minimum atomic E-state index is -0.589. The Bertz CT molecular complexity index is 1450. The number of nitrogen functional groups attached to an aromatic ring is 1. The zero-order valence-electron chi connectivity index (χ0n) is 20.8. The number of H-pyrrole nitrogens is 1.